The summed E-state index contributed by atoms with van der Waals surface area (Å²) in [7, 11) is 0. The SMILES string of the molecule is CCC(C)C(CC(C)(C)C)C(=O)OCC(F)(F)F. The Kier molecular flexibility index (Phi) is 6.17. The van der Waals surface area contributed by atoms with Crippen LogP contribution in [0.3, 0.4) is 0 Å². The van der Waals surface area contributed by atoms with Gasteiger partial charge >= 0.3 is 12.1 Å². The standard InChI is InChI=1S/C13H23F3O2/c1-6-9(2)10(7-12(3,4)5)11(17)18-8-13(14,15)16/h9-10H,6-8H2,1-5H3. The first-order valence-electron chi connectivity index (χ1n) is 6.19. The number of esters is 1. The summed E-state index contributed by atoms with van der Waals surface area (Å²) in [6, 6.07) is 0. The zero-order valence-electron chi connectivity index (χ0n) is 11.7. The maximum absolute atomic E-state index is 12.0. The van der Waals surface area contributed by atoms with Crippen molar-refractivity contribution in [2.24, 2.45) is 17.3 Å². The van der Waals surface area contributed by atoms with Gasteiger partial charge < -0.3 is 4.74 Å². The van der Waals surface area contributed by atoms with Crippen LogP contribution in [0.4, 0.5) is 13.2 Å². The molecule has 0 bridgehead atoms. The van der Waals surface area contributed by atoms with Gasteiger partial charge in [-0.3, -0.25) is 4.79 Å². The number of rotatable bonds is 5. The highest BCUT2D eigenvalue weighted by molar-refractivity contribution is 5.72. The Bertz CT molecular complexity index is 266. The molecular formula is C13H23F3O2. The molecule has 0 heterocycles. The highest BCUT2D eigenvalue weighted by Gasteiger charge is 2.34. The van der Waals surface area contributed by atoms with Gasteiger partial charge in [0, 0.05) is 0 Å². The van der Waals surface area contributed by atoms with E-state index >= 15 is 0 Å². The van der Waals surface area contributed by atoms with E-state index in [1.165, 1.54) is 0 Å². The molecule has 0 aromatic rings. The lowest BCUT2D eigenvalue weighted by Crippen LogP contribution is -2.31. The van der Waals surface area contributed by atoms with Gasteiger partial charge in [0.2, 0.25) is 0 Å². The van der Waals surface area contributed by atoms with Gasteiger partial charge in [0.05, 0.1) is 5.92 Å². The van der Waals surface area contributed by atoms with Gasteiger partial charge in [0.25, 0.3) is 0 Å². The molecule has 2 atom stereocenters. The number of alkyl halides is 3. The predicted molar refractivity (Wildman–Crippen MR) is 64.0 cm³/mol. The van der Waals surface area contributed by atoms with Crippen LogP contribution in [0.1, 0.15) is 47.5 Å². The molecule has 18 heavy (non-hydrogen) atoms. The summed E-state index contributed by atoms with van der Waals surface area (Å²) < 4.78 is 40.4. The van der Waals surface area contributed by atoms with Crippen molar-refractivity contribution in [2.75, 3.05) is 6.61 Å². The molecule has 0 aliphatic carbocycles. The maximum Gasteiger partial charge on any atom is 0.422 e. The molecule has 0 saturated carbocycles. The Morgan fingerprint density at radius 3 is 2.06 bits per heavy atom. The maximum atomic E-state index is 12.0. The van der Waals surface area contributed by atoms with Gasteiger partial charge in [-0.2, -0.15) is 13.2 Å². The van der Waals surface area contributed by atoms with Crippen molar-refractivity contribution in [3.63, 3.8) is 0 Å². The number of hydrogen-bond donors (Lipinski definition) is 0. The summed E-state index contributed by atoms with van der Waals surface area (Å²) in [5.74, 6) is -1.20. The van der Waals surface area contributed by atoms with Crippen molar-refractivity contribution in [1.82, 2.24) is 0 Å². The number of ether oxygens (including phenoxy) is 1. The minimum Gasteiger partial charge on any atom is -0.456 e. The van der Waals surface area contributed by atoms with E-state index in [1.54, 1.807) is 0 Å². The van der Waals surface area contributed by atoms with Crippen molar-refractivity contribution < 1.29 is 22.7 Å². The lowest BCUT2D eigenvalue weighted by Gasteiger charge is -2.28. The summed E-state index contributed by atoms with van der Waals surface area (Å²) in [4.78, 5) is 11.7. The molecule has 0 N–H and O–H groups in total. The van der Waals surface area contributed by atoms with Crippen LogP contribution in [-0.4, -0.2) is 18.8 Å². The second kappa shape index (κ2) is 6.43. The number of carbonyl (C=O) groups excluding carboxylic acids is 1. The highest BCUT2D eigenvalue weighted by atomic mass is 19.4. The first-order valence-corrected chi connectivity index (χ1v) is 6.19. The van der Waals surface area contributed by atoms with Gasteiger partial charge in [0.15, 0.2) is 6.61 Å². The van der Waals surface area contributed by atoms with Crippen LogP contribution in [0.15, 0.2) is 0 Å². The largest absolute Gasteiger partial charge is 0.456 e. The van der Waals surface area contributed by atoms with Crippen LogP contribution in [0.2, 0.25) is 0 Å². The predicted octanol–water partition coefficient (Wildman–Crippen LogP) is 4.19. The van der Waals surface area contributed by atoms with Gasteiger partial charge in [-0.15, -0.1) is 0 Å². The molecule has 0 aromatic carbocycles. The van der Waals surface area contributed by atoms with E-state index in [0.29, 0.717) is 6.42 Å². The van der Waals surface area contributed by atoms with Crippen molar-refractivity contribution in [2.45, 2.75) is 53.6 Å². The molecular weight excluding hydrogens is 245 g/mol. The van der Waals surface area contributed by atoms with Crippen molar-refractivity contribution in [3.05, 3.63) is 0 Å². The van der Waals surface area contributed by atoms with Gasteiger partial charge in [-0.25, -0.2) is 0 Å². The quantitative estimate of drug-likeness (QED) is 0.699. The molecule has 0 fully saturated rings. The van der Waals surface area contributed by atoms with Crippen LogP contribution in [-0.2, 0) is 9.53 Å². The average Bonchev–Trinajstić information content (AvgIpc) is 2.19. The third kappa shape index (κ3) is 7.56. The smallest absolute Gasteiger partial charge is 0.422 e. The Labute approximate surface area is 107 Å². The number of halogens is 3. The molecule has 108 valence electrons. The molecule has 0 radical (unpaired) electrons. The lowest BCUT2D eigenvalue weighted by atomic mass is 9.78. The molecule has 0 rings (SSSR count). The summed E-state index contributed by atoms with van der Waals surface area (Å²) in [5.41, 5.74) is -0.120. The van der Waals surface area contributed by atoms with Crippen LogP contribution < -0.4 is 0 Å². The van der Waals surface area contributed by atoms with E-state index in [0.717, 1.165) is 6.42 Å². The minimum absolute atomic E-state index is 0.0185. The van der Waals surface area contributed by atoms with E-state index in [2.05, 4.69) is 4.74 Å². The summed E-state index contributed by atoms with van der Waals surface area (Å²) in [6.07, 6.45) is -3.20. The molecule has 0 aromatic heterocycles. The molecule has 0 amide bonds. The molecule has 0 aliphatic rings. The Hall–Kier alpha value is -0.740. The van der Waals surface area contributed by atoms with E-state index < -0.39 is 24.7 Å². The van der Waals surface area contributed by atoms with Gasteiger partial charge in [-0.05, 0) is 17.8 Å². The Morgan fingerprint density at radius 1 is 1.22 bits per heavy atom. The second-order valence-corrected chi connectivity index (χ2v) is 5.98. The first kappa shape index (κ1) is 17.3. The first-order chi connectivity index (χ1) is 7.96. The fourth-order valence-corrected chi connectivity index (χ4v) is 1.72. The summed E-state index contributed by atoms with van der Waals surface area (Å²) in [6.45, 7) is 8.16. The van der Waals surface area contributed by atoms with Gasteiger partial charge in [0.1, 0.15) is 0 Å². The topological polar surface area (TPSA) is 26.3 Å². The van der Waals surface area contributed by atoms with Crippen molar-refractivity contribution in [3.8, 4) is 0 Å². The van der Waals surface area contributed by atoms with E-state index in [9.17, 15) is 18.0 Å². The molecule has 0 aliphatic heterocycles. The number of carbonyl (C=O) groups is 1. The summed E-state index contributed by atoms with van der Waals surface area (Å²) >= 11 is 0. The zero-order valence-corrected chi connectivity index (χ0v) is 11.7. The molecule has 2 nitrogen and oxygen atoms in total. The lowest BCUT2D eigenvalue weighted by molar-refractivity contribution is -0.191. The van der Waals surface area contributed by atoms with Crippen molar-refractivity contribution >= 4 is 5.97 Å². The van der Waals surface area contributed by atoms with Crippen LogP contribution >= 0.6 is 0 Å². The third-order valence-electron chi connectivity index (χ3n) is 2.84. The Balaban J connectivity index is 4.61. The number of hydrogen-bond acceptors (Lipinski definition) is 2. The van der Waals surface area contributed by atoms with Gasteiger partial charge in [-0.1, -0.05) is 41.0 Å². The fourth-order valence-electron chi connectivity index (χ4n) is 1.72. The molecule has 5 heteroatoms. The van der Waals surface area contributed by atoms with Crippen LogP contribution in [0.5, 0.6) is 0 Å². The van der Waals surface area contributed by atoms with Crippen LogP contribution in [0, 0.1) is 17.3 Å². The monoisotopic (exact) mass is 268 g/mol. The third-order valence-corrected chi connectivity index (χ3v) is 2.84. The van der Waals surface area contributed by atoms with Crippen LogP contribution in [0.25, 0.3) is 0 Å². The normalized spacial score (nSPS) is 16.2. The molecule has 0 saturated heterocycles. The zero-order chi connectivity index (χ0) is 14.6. The summed E-state index contributed by atoms with van der Waals surface area (Å²) in [5, 5.41) is 0. The molecule has 2 unspecified atom stereocenters. The molecule has 0 spiro atoms. The average molecular weight is 268 g/mol. The Morgan fingerprint density at radius 2 is 1.72 bits per heavy atom. The minimum atomic E-state index is -4.46. The van der Waals surface area contributed by atoms with E-state index in [4.69, 9.17) is 0 Å². The highest BCUT2D eigenvalue weighted by Crippen LogP contribution is 2.31. The van der Waals surface area contributed by atoms with E-state index in [-0.39, 0.29) is 11.3 Å². The van der Waals surface area contributed by atoms with E-state index in [1.807, 2.05) is 34.6 Å². The van der Waals surface area contributed by atoms with Crippen molar-refractivity contribution in [1.29, 1.82) is 0 Å². The second-order valence-electron chi connectivity index (χ2n) is 5.98. The fraction of sp³-hybridized carbons (Fsp3) is 0.923.